The van der Waals surface area contributed by atoms with Crippen LogP contribution in [-0.2, 0) is 29.3 Å². The number of fused-ring (bicyclic) bond motifs is 1. The zero-order valence-electron chi connectivity index (χ0n) is 21.4. The highest BCUT2D eigenvalue weighted by atomic mass is 16.7. The Labute approximate surface area is 218 Å². The first-order chi connectivity index (χ1) is 18.1. The van der Waals surface area contributed by atoms with E-state index >= 15 is 0 Å². The highest BCUT2D eigenvalue weighted by Gasteiger charge is 2.58. The lowest BCUT2D eigenvalue weighted by molar-refractivity contribution is -0.158. The summed E-state index contributed by atoms with van der Waals surface area (Å²) in [6.07, 6.45) is -1.93. The van der Waals surface area contributed by atoms with Gasteiger partial charge in [0.25, 0.3) is 0 Å². The van der Waals surface area contributed by atoms with Crippen molar-refractivity contribution in [3.63, 3.8) is 0 Å². The molecule has 0 aromatic carbocycles. The fraction of sp³-hybridized carbons (Fsp3) is 0.625. The molecular weight excluding hydrogens is 500 g/mol. The first-order valence-corrected chi connectivity index (χ1v) is 12.3. The number of ether oxygens (including phenoxy) is 4. The van der Waals surface area contributed by atoms with E-state index in [-0.39, 0.29) is 17.6 Å². The van der Waals surface area contributed by atoms with Crippen LogP contribution in [-0.4, -0.2) is 99.1 Å². The van der Waals surface area contributed by atoms with Crippen LogP contribution in [0.15, 0.2) is 18.5 Å². The van der Waals surface area contributed by atoms with Gasteiger partial charge < -0.3 is 34.9 Å². The Morgan fingerprint density at radius 3 is 2.71 bits per heavy atom. The molecule has 0 bridgehead atoms. The van der Waals surface area contributed by atoms with Gasteiger partial charge in [0.05, 0.1) is 5.69 Å². The second-order valence-electron chi connectivity index (χ2n) is 9.74. The predicted molar refractivity (Wildman–Crippen MR) is 129 cm³/mol. The highest BCUT2D eigenvalue weighted by molar-refractivity contribution is 5.77. The molecule has 38 heavy (non-hydrogen) atoms. The Morgan fingerprint density at radius 1 is 1.34 bits per heavy atom. The maximum Gasteiger partial charge on any atom is 0.508 e. The van der Waals surface area contributed by atoms with E-state index in [2.05, 4.69) is 10.1 Å². The van der Waals surface area contributed by atoms with Crippen molar-refractivity contribution in [2.75, 3.05) is 26.4 Å². The summed E-state index contributed by atoms with van der Waals surface area (Å²) in [6, 6.07) is 4.07. The molecule has 1 saturated heterocycles. The van der Waals surface area contributed by atoms with Crippen molar-refractivity contribution >= 4 is 23.5 Å². The van der Waals surface area contributed by atoms with Crippen LogP contribution in [0.2, 0.25) is 0 Å². The molecule has 0 spiro atoms. The van der Waals surface area contributed by atoms with Crippen LogP contribution in [0, 0.1) is 11.3 Å². The van der Waals surface area contributed by atoms with Crippen LogP contribution in [0.4, 0.5) is 10.6 Å². The molecular formula is C24H32N6O8. The molecule has 2 aromatic rings. The summed E-state index contributed by atoms with van der Waals surface area (Å²) in [6.45, 7) is 1.01. The molecule has 14 heteroatoms. The number of rotatable bonds is 8. The van der Waals surface area contributed by atoms with Crippen LogP contribution in [0.5, 0.6) is 0 Å². The smallest absolute Gasteiger partial charge is 0.461 e. The molecule has 0 radical (unpaired) electrons. The fourth-order valence-corrected chi connectivity index (χ4v) is 5.01. The number of nitrogen functional groups attached to an aromatic ring is 1. The normalized spacial score (nSPS) is 27.2. The van der Waals surface area contributed by atoms with E-state index < -0.39 is 54.8 Å². The fourth-order valence-electron chi connectivity index (χ4n) is 5.01. The number of aliphatic hydroxyl groups excluding tert-OH is 2. The van der Waals surface area contributed by atoms with Crippen molar-refractivity contribution in [1.82, 2.24) is 19.5 Å². The molecule has 0 amide bonds. The number of likely N-dealkylation sites (N-methyl/N-ethyl adjacent to an activating group) is 1. The van der Waals surface area contributed by atoms with Gasteiger partial charge in [0.15, 0.2) is 5.82 Å². The van der Waals surface area contributed by atoms with E-state index in [4.69, 9.17) is 24.7 Å². The second kappa shape index (κ2) is 11.1. The van der Waals surface area contributed by atoms with Crippen molar-refractivity contribution in [3.05, 3.63) is 24.2 Å². The minimum absolute atomic E-state index is 0.115. The summed E-state index contributed by atoms with van der Waals surface area (Å²) < 4.78 is 23.1. The van der Waals surface area contributed by atoms with Gasteiger partial charge in [0, 0.05) is 0 Å². The summed E-state index contributed by atoms with van der Waals surface area (Å²) >= 11 is 0. The number of nitrogens with zero attached hydrogens (tertiary/aromatic N) is 5. The van der Waals surface area contributed by atoms with Crippen LogP contribution >= 0.6 is 0 Å². The summed E-state index contributed by atoms with van der Waals surface area (Å²) in [5, 5.41) is 35.4. The molecule has 4 rings (SSSR count). The van der Waals surface area contributed by atoms with Crippen molar-refractivity contribution in [1.29, 1.82) is 5.26 Å². The van der Waals surface area contributed by atoms with E-state index in [1.54, 1.807) is 32.0 Å². The van der Waals surface area contributed by atoms with Crippen LogP contribution in [0.25, 0.3) is 5.52 Å². The molecule has 1 aliphatic heterocycles. The van der Waals surface area contributed by atoms with Gasteiger partial charge >= 0.3 is 12.1 Å². The Bertz CT molecular complexity index is 1210. The summed E-state index contributed by atoms with van der Waals surface area (Å²) in [5.41, 5.74) is 4.31. The quantitative estimate of drug-likeness (QED) is 0.388. The molecule has 206 valence electrons. The SMILES string of the molecule is C[C@@H](OC(=O)OC[C@H]1O[C@@](C#N)(c2ccc3c(N)ncnn23)[C@H](O)[C@@H]1O)[C@@H](C(=O)OC1CCCC1)N(C)C. The average molecular weight is 533 g/mol. The van der Waals surface area contributed by atoms with Crippen LogP contribution in [0.1, 0.15) is 38.3 Å². The monoisotopic (exact) mass is 532 g/mol. The lowest BCUT2D eigenvalue weighted by Gasteiger charge is -2.28. The third-order valence-electron chi connectivity index (χ3n) is 6.96. The van der Waals surface area contributed by atoms with Gasteiger partial charge in [-0.25, -0.2) is 14.3 Å². The molecule has 6 atom stereocenters. The zero-order chi connectivity index (χ0) is 27.6. The molecule has 4 N–H and O–H groups in total. The Hall–Kier alpha value is -3.51. The zero-order valence-corrected chi connectivity index (χ0v) is 21.4. The Kier molecular flexibility index (Phi) is 8.02. The number of carbonyl (C=O) groups is 2. The van der Waals surface area contributed by atoms with Crippen LogP contribution in [0.3, 0.4) is 0 Å². The van der Waals surface area contributed by atoms with Crippen molar-refractivity contribution in [2.45, 2.75) is 74.8 Å². The number of hydrogen-bond acceptors (Lipinski definition) is 13. The Balaban J connectivity index is 1.40. The van der Waals surface area contributed by atoms with E-state index in [0.717, 1.165) is 25.7 Å². The van der Waals surface area contributed by atoms with Gasteiger partial charge in [-0.1, -0.05) is 0 Å². The number of aliphatic hydroxyl groups is 2. The Morgan fingerprint density at radius 2 is 2.05 bits per heavy atom. The van der Waals surface area contributed by atoms with Gasteiger partial charge in [0.2, 0.25) is 5.60 Å². The number of nitrogens with two attached hydrogens (primary N) is 1. The minimum atomic E-state index is -2.03. The maximum atomic E-state index is 12.7. The third-order valence-corrected chi connectivity index (χ3v) is 6.96. The first-order valence-electron chi connectivity index (χ1n) is 12.3. The van der Waals surface area contributed by atoms with E-state index in [0.29, 0.717) is 5.52 Å². The molecule has 1 aliphatic carbocycles. The van der Waals surface area contributed by atoms with Crippen LogP contribution < -0.4 is 5.73 Å². The molecule has 14 nitrogen and oxygen atoms in total. The minimum Gasteiger partial charge on any atom is -0.461 e. The lowest BCUT2D eigenvalue weighted by Crippen LogP contribution is -2.47. The number of carbonyl (C=O) groups excluding carboxylic acids is 2. The number of esters is 1. The summed E-state index contributed by atoms with van der Waals surface area (Å²) in [4.78, 5) is 30.6. The molecule has 0 unspecified atom stereocenters. The second-order valence-corrected chi connectivity index (χ2v) is 9.74. The van der Waals surface area contributed by atoms with Gasteiger partial charge in [-0.3, -0.25) is 9.69 Å². The van der Waals surface area contributed by atoms with E-state index in [1.165, 1.54) is 16.9 Å². The first kappa shape index (κ1) is 27.5. The van der Waals surface area contributed by atoms with Crippen molar-refractivity contribution in [2.24, 2.45) is 0 Å². The largest absolute Gasteiger partial charge is 0.508 e. The highest BCUT2D eigenvalue weighted by Crippen LogP contribution is 2.40. The topological polar surface area (TPSA) is 195 Å². The van der Waals surface area contributed by atoms with Gasteiger partial charge in [-0.05, 0) is 58.8 Å². The standard InChI is InChI=1S/C24H32N6O8/c1-13(18(29(2)3)22(33)37-14-6-4-5-7-14)36-23(34)35-10-16-19(31)20(32)24(11-25,38-16)17-9-8-15-21(26)27-12-28-30(15)17/h8-9,12-14,16,18-20,31-32H,4-7,10H2,1-3H3,(H2,26,27,28)/t13-,16-,18+,19-,20-,24+/m1/s1. The molecule has 3 heterocycles. The predicted octanol–water partition coefficient (Wildman–Crippen LogP) is 0.109. The molecule has 2 fully saturated rings. The van der Waals surface area contributed by atoms with E-state index in [9.17, 15) is 25.1 Å². The average Bonchev–Trinajstić information content (AvgIpc) is 3.59. The lowest BCUT2D eigenvalue weighted by atomic mass is 9.92. The number of aromatic nitrogens is 3. The molecule has 2 aromatic heterocycles. The van der Waals surface area contributed by atoms with Gasteiger partial charge in [-0.2, -0.15) is 10.4 Å². The number of hydrogen-bond donors (Lipinski definition) is 3. The van der Waals surface area contributed by atoms with E-state index in [1.807, 2.05) is 6.07 Å². The maximum absolute atomic E-state index is 12.7. The van der Waals surface area contributed by atoms with Gasteiger partial charge in [0.1, 0.15) is 61.1 Å². The molecule has 1 saturated carbocycles. The molecule has 2 aliphatic rings. The van der Waals surface area contributed by atoms with Crippen molar-refractivity contribution in [3.8, 4) is 6.07 Å². The van der Waals surface area contributed by atoms with Gasteiger partial charge in [-0.15, -0.1) is 0 Å². The summed E-state index contributed by atoms with van der Waals surface area (Å²) in [5.74, 6) is -0.352. The van der Waals surface area contributed by atoms with Crippen molar-refractivity contribution < 1.29 is 38.7 Å². The third kappa shape index (κ3) is 5.10. The number of anilines is 1. The number of nitriles is 1. The summed E-state index contributed by atoms with van der Waals surface area (Å²) in [7, 11) is 3.34.